The molecule has 2 aromatic rings. The fourth-order valence-corrected chi connectivity index (χ4v) is 4.63. The molecule has 1 saturated heterocycles. The lowest BCUT2D eigenvalue weighted by Crippen LogP contribution is -2.48. The van der Waals surface area contributed by atoms with E-state index < -0.39 is 0 Å². The van der Waals surface area contributed by atoms with Gasteiger partial charge in [0.25, 0.3) is 5.91 Å². The van der Waals surface area contributed by atoms with Gasteiger partial charge in [-0.15, -0.1) is 0 Å². The van der Waals surface area contributed by atoms with Crippen LogP contribution in [0.5, 0.6) is 5.75 Å². The summed E-state index contributed by atoms with van der Waals surface area (Å²) >= 11 is 8.74. The highest BCUT2D eigenvalue weighted by atomic mass is 79.9. The quantitative estimate of drug-likeness (QED) is 0.539. The normalized spacial score (nSPS) is 13.5. The Bertz CT molecular complexity index is 1020. The number of carbonyl (C=O) groups is 2. The average Bonchev–Trinajstić information content (AvgIpc) is 2.79. The Balaban J connectivity index is 1.56. The summed E-state index contributed by atoms with van der Waals surface area (Å²) in [5.41, 5.74) is 3.12. The van der Waals surface area contributed by atoms with Crippen LogP contribution in [-0.4, -0.2) is 55.1 Å². The largest absolute Gasteiger partial charge is 0.496 e. The van der Waals surface area contributed by atoms with E-state index in [1.54, 1.807) is 6.07 Å². The summed E-state index contributed by atoms with van der Waals surface area (Å²) in [4.78, 5) is 29.0. The predicted octanol–water partition coefficient (Wildman–Crippen LogP) is 4.34. The highest BCUT2D eigenvalue weighted by molar-refractivity contribution is 9.10. The molecule has 33 heavy (non-hydrogen) atoms. The number of nitrogens with zero attached hydrogens (tertiary/aromatic N) is 2. The Morgan fingerprint density at radius 2 is 1.79 bits per heavy atom. The van der Waals surface area contributed by atoms with Gasteiger partial charge in [-0.2, -0.15) is 0 Å². The molecule has 1 aliphatic rings. The molecule has 0 aliphatic carbocycles. The summed E-state index contributed by atoms with van der Waals surface area (Å²) in [6.07, 6.45) is 1.50. The number of ether oxygens (including phenoxy) is 1. The van der Waals surface area contributed by atoms with Gasteiger partial charge in [0.05, 0.1) is 12.7 Å². The highest BCUT2D eigenvalue weighted by Crippen LogP contribution is 2.28. The van der Waals surface area contributed by atoms with E-state index in [1.165, 1.54) is 7.11 Å². The first-order chi connectivity index (χ1) is 15.8. The molecule has 0 aromatic heterocycles. The van der Waals surface area contributed by atoms with Crippen molar-refractivity contribution in [2.24, 2.45) is 0 Å². The molecule has 7 nitrogen and oxygen atoms in total. The summed E-state index contributed by atoms with van der Waals surface area (Å²) in [5, 5.41) is 5.97. The van der Waals surface area contributed by atoms with Crippen molar-refractivity contribution in [3.05, 3.63) is 52.0 Å². The van der Waals surface area contributed by atoms with Crippen molar-refractivity contribution in [3.8, 4) is 5.75 Å². The Hall–Kier alpha value is -2.65. The number of hydrogen-bond acceptors (Lipinski definition) is 5. The smallest absolute Gasteiger partial charge is 0.261 e. The molecule has 176 valence electrons. The molecule has 1 fully saturated rings. The van der Waals surface area contributed by atoms with Gasteiger partial charge >= 0.3 is 0 Å². The third-order valence-electron chi connectivity index (χ3n) is 5.50. The fraction of sp³-hybridized carbons (Fsp3) is 0.375. The number of piperazine rings is 1. The summed E-state index contributed by atoms with van der Waals surface area (Å²) in [6.45, 7) is 7.01. The Morgan fingerprint density at radius 1 is 1.12 bits per heavy atom. The molecule has 9 heteroatoms. The van der Waals surface area contributed by atoms with Gasteiger partial charge < -0.3 is 19.9 Å². The van der Waals surface area contributed by atoms with Crippen molar-refractivity contribution in [1.29, 1.82) is 0 Å². The first-order valence-corrected chi connectivity index (χ1v) is 12.1. The molecule has 2 amide bonds. The van der Waals surface area contributed by atoms with Crippen LogP contribution < -0.4 is 20.3 Å². The van der Waals surface area contributed by atoms with Gasteiger partial charge in [0.15, 0.2) is 5.11 Å². The number of halogens is 1. The van der Waals surface area contributed by atoms with E-state index in [-0.39, 0.29) is 16.9 Å². The van der Waals surface area contributed by atoms with Gasteiger partial charge in [0.2, 0.25) is 5.91 Å². The number of hydrogen-bond donors (Lipinski definition) is 2. The third kappa shape index (κ3) is 6.45. The first-order valence-electron chi connectivity index (χ1n) is 10.9. The zero-order chi connectivity index (χ0) is 24.0. The van der Waals surface area contributed by atoms with Gasteiger partial charge in [-0.3, -0.25) is 14.9 Å². The van der Waals surface area contributed by atoms with Crippen molar-refractivity contribution in [2.75, 3.05) is 43.5 Å². The zero-order valence-electron chi connectivity index (χ0n) is 19.1. The maximum absolute atomic E-state index is 12.7. The second kappa shape index (κ2) is 11.5. The standard InChI is InChI=1S/C24H29BrN4O3S/c1-4-5-21(30)29-12-10-28(11-13-29)19-8-6-18(7-9-19)26-24(33)27-23(31)20-15-17(25)14-16(2)22(20)32-3/h6-9,14-15H,4-5,10-13H2,1-3H3,(H2,26,27,31,33). The fourth-order valence-electron chi connectivity index (χ4n) is 3.84. The molecule has 1 heterocycles. The first kappa shape index (κ1) is 25.0. The minimum absolute atomic E-state index is 0.204. The maximum atomic E-state index is 12.7. The lowest BCUT2D eigenvalue weighted by Gasteiger charge is -2.36. The molecular formula is C24H29BrN4O3S. The minimum atomic E-state index is -0.346. The molecule has 2 N–H and O–H groups in total. The number of carbonyl (C=O) groups excluding carboxylic acids is 2. The number of anilines is 2. The molecule has 0 radical (unpaired) electrons. The van der Waals surface area contributed by atoms with Gasteiger partial charge in [0, 0.05) is 48.4 Å². The molecule has 0 bridgehead atoms. The SMILES string of the molecule is CCCC(=O)N1CCN(c2ccc(NC(=S)NC(=O)c3cc(Br)cc(C)c3OC)cc2)CC1. The van der Waals surface area contributed by atoms with Crippen LogP contribution in [0.3, 0.4) is 0 Å². The monoisotopic (exact) mass is 532 g/mol. The van der Waals surface area contributed by atoms with Gasteiger partial charge in [0.1, 0.15) is 5.75 Å². The molecule has 0 saturated carbocycles. The number of benzene rings is 2. The second-order valence-corrected chi connectivity index (χ2v) is 9.20. The van der Waals surface area contributed by atoms with E-state index in [9.17, 15) is 9.59 Å². The lowest BCUT2D eigenvalue weighted by atomic mass is 10.1. The van der Waals surface area contributed by atoms with Crippen LogP contribution in [0.25, 0.3) is 0 Å². The Labute approximate surface area is 208 Å². The molecular weight excluding hydrogens is 504 g/mol. The van der Waals surface area contributed by atoms with Crippen LogP contribution in [0.1, 0.15) is 35.7 Å². The van der Waals surface area contributed by atoms with Crippen molar-refractivity contribution in [2.45, 2.75) is 26.7 Å². The Kier molecular flexibility index (Phi) is 8.68. The molecule has 0 spiro atoms. The summed E-state index contributed by atoms with van der Waals surface area (Å²) in [6, 6.07) is 11.5. The number of aryl methyl sites for hydroxylation is 1. The van der Waals surface area contributed by atoms with Crippen LogP contribution in [0, 0.1) is 6.92 Å². The van der Waals surface area contributed by atoms with E-state index in [2.05, 4.69) is 31.5 Å². The maximum Gasteiger partial charge on any atom is 0.261 e. The van der Waals surface area contributed by atoms with Gasteiger partial charge in [-0.25, -0.2) is 0 Å². The number of rotatable bonds is 6. The van der Waals surface area contributed by atoms with Crippen molar-refractivity contribution < 1.29 is 14.3 Å². The molecule has 2 aromatic carbocycles. The van der Waals surface area contributed by atoms with Crippen LogP contribution in [-0.2, 0) is 4.79 Å². The van der Waals surface area contributed by atoms with E-state index in [0.717, 1.165) is 54.0 Å². The van der Waals surface area contributed by atoms with Crippen LogP contribution >= 0.6 is 28.1 Å². The predicted molar refractivity (Wildman–Crippen MR) is 139 cm³/mol. The average molecular weight is 533 g/mol. The van der Waals surface area contributed by atoms with Crippen LogP contribution in [0.2, 0.25) is 0 Å². The zero-order valence-corrected chi connectivity index (χ0v) is 21.5. The molecule has 0 atom stereocenters. The minimum Gasteiger partial charge on any atom is -0.496 e. The van der Waals surface area contributed by atoms with E-state index in [0.29, 0.717) is 17.7 Å². The van der Waals surface area contributed by atoms with Crippen LogP contribution in [0.15, 0.2) is 40.9 Å². The second-order valence-electron chi connectivity index (χ2n) is 7.88. The topological polar surface area (TPSA) is 73.9 Å². The van der Waals surface area contributed by atoms with Crippen molar-refractivity contribution in [1.82, 2.24) is 10.2 Å². The molecule has 1 aliphatic heterocycles. The number of thiocarbonyl (C=S) groups is 1. The summed E-state index contributed by atoms with van der Waals surface area (Å²) < 4.78 is 6.17. The number of amides is 2. The third-order valence-corrected chi connectivity index (χ3v) is 6.16. The highest BCUT2D eigenvalue weighted by Gasteiger charge is 2.21. The lowest BCUT2D eigenvalue weighted by molar-refractivity contribution is -0.131. The molecule has 0 unspecified atom stereocenters. The van der Waals surface area contributed by atoms with E-state index >= 15 is 0 Å². The van der Waals surface area contributed by atoms with Gasteiger partial charge in [-0.05, 0) is 67.5 Å². The van der Waals surface area contributed by atoms with Crippen molar-refractivity contribution >= 4 is 56.4 Å². The number of methoxy groups -OCH3 is 1. The van der Waals surface area contributed by atoms with Gasteiger partial charge in [-0.1, -0.05) is 22.9 Å². The Morgan fingerprint density at radius 3 is 2.39 bits per heavy atom. The van der Waals surface area contributed by atoms with E-state index in [1.807, 2.05) is 49.1 Å². The molecule has 3 rings (SSSR count). The van der Waals surface area contributed by atoms with Crippen LogP contribution in [0.4, 0.5) is 11.4 Å². The van der Waals surface area contributed by atoms with Crippen molar-refractivity contribution in [3.63, 3.8) is 0 Å². The number of nitrogens with one attached hydrogen (secondary N) is 2. The van der Waals surface area contributed by atoms with E-state index in [4.69, 9.17) is 17.0 Å². The summed E-state index contributed by atoms with van der Waals surface area (Å²) in [7, 11) is 1.54. The summed E-state index contributed by atoms with van der Waals surface area (Å²) in [5.74, 6) is 0.406.